The third-order valence-electron chi connectivity index (χ3n) is 1.81. The molecule has 0 radical (unpaired) electrons. The maximum absolute atomic E-state index is 11.2. The van der Waals surface area contributed by atoms with Crippen molar-refractivity contribution in [3.8, 4) is 0 Å². The van der Waals surface area contributed by atoms with Gasteiger partial charge in [-0.05, 0) is 18.1 Å². The Balaban J connectivity index is 2.75. The van der Waals surface area contributed by atoms with E-state index in [2.05, 4.69) is 20.9 Å². The van der Waals surface area contributed by atoms with Gasteiger partial charge in [-0.25, -0.2) is 0 Å². The lowest BCUT2D eigenvalue weighted by atomic mass is 10.1. The van der Waals surface area contributed by atoms with Crippen LogP contribution in [0.4, 0.5) is 0 Å². The fourth-order valence-electron chi connectivity index (χ4n) is 1.03. The molecule has 13 heavy (non-hydrogen) atoms. The number of aromatic nitrogens is 1. The minimum absolute atomic E-state index is 0.102. The molecule has 0 aliphatic rings. The second kappa shape index (κ2) is 5.12. The Morgan fingerprint density at radius 1 is 1.54 bits per heavy atom. The van der Waals surface area contributed by atoms with Gasteiger partial charge in [0, 0.05) is 17.9 Å². The van der Waals surface area contributed by atoms with Crippen molar-refractivity contribution in [2.45, 2.75) is 19.8 Å². The van der Waals surface area contributed by atoms with Crippen LogP contribution in [0.15, 0.2) is 18.3 Å². The van der Waals surface area contributed by atoms with Gasteiger partial charge in [0.1, 0.15) is 5.69 Å². The molecule has 0 unspecified atom stereocenters. The molecule has 1 heterocycles. The van der Waals surface area contributed by atoms with E-state index in [-0.39, 0.29) is 5.78 Å². The standard InChI is InChI=1S/C10H12BrNO/c1-2-10(13)9-4-3-8(5-6-11)7-12-9/h3-4,7H,2,5-6H2,1H3. The minimum atomic E-state index is 0.102. The number of halogens is 1. The molecule has 1 aromatic rings. The van der Waals surface area contributed by atoms with Crippen LogP contribution in [0.1, 0.15) is 29.4 Å². The molecule has 1 aromatic heterocycles. The van der Waals surface area contributed by atoms with Crippen LogP contribution in [0.2, 0.25) is 0 Å². The molecule has 0 aliphatic carbocycles. The first-order chi connectivity index (χ1) is 6.27. The number of hydrogen-bond donors (Lipinski definition) is 0. The number of Topliss-reactive ketones (excluding diaryl/α,β-unsaturated/α-hetero) is 1. The quantitative estimate of drug-likeness (QED) is 0.600. The van der Waals surface area contributed by atoms with Crippen molar-refractivity contribution in [2.24, 2.45) is 0 Å². The van der Waals surface area contributed by atoms with Gasteiger partial charge in [-0.2, -0.15) is 0 Å². The van der Waals surface area contributed by atoms with Crippen LogP contribution >= 0.6 is 15.9 Å². The largest absolute Gasteiger partial charge is 0.292 e. The summed E-state index contributed by atoms with van der Waals surface area (Å²) >= 11 is 3.35. The number of nitrogens with zero attached hydrogens (tertiary/aromatic N) is 1. The van der Waals surface area contributed by atoms with E-state index in [0.29, 0.717) is 12.1 Å². The molecule has 0 aliphatic heterocycles. The summed E-state index contributed by atoms with van der Waals surface area (Å²) in [6.45, 7) is 1.84. The number of pyridine rings is 1. The van der Waals surface area contributed by atoms with Crippen molar-refractivity contribution in [3.05, 3.63) is 29.6 Å². The Labute approximate surface area is 86.5 Å². The summed E-state index contributed by atoms with van der Waals surface area (Å²) in [5, 5.41) is 0.926. The van der Waals surface area contributed by atoms with Gasteiger partial charge in [0.25, 0.3) is 0 Å². The molecule has 2 nitrogen and oxygen atoms in total. The zero-order valence-electron chi connectivity index (χ0n) is 7.59. The zero-order chi connectivity index (χ0) is 9.68. The van der Waals surface area contributed by atoms with Gasteiger partial charge < -0.3 is 0 Å². The first kappa shape index (κ1) is 10.4. The lowest BCUT2D eigenvalue weighted by Gasteiger charge is -1.99. The van der Waals surface area contributed by atoms with Crippen molar-refractivity contribution in [3.63, 3.8) is 0 Å². The highest BCUT2D eigenvalue weighted by atomic mass is 79.9. The number of ketones is 1. The van der Waals surface area contributed by atoms with Gasteiger partial charge in [0.05, 0.1) is 0 Å². The van der Waals surface area contributed by atoms with Crippen LogP contribution < -0.4 is 0 Å². The van der Waals surface area contributed by atoms with Gasteiger partial charge >= 0.3 is 0 Å². The van der Waals surface area contributed by atoms with Crippen LogP contribution in [-0.4, -0.2) is 16.1 Å². The Hall–Kier alpha value is -0.700. The second-order valence-corrected chi connectivity index (χ2v) is 3.56. The zero-order valence-corrected chi connectivity index (χ0v) is 9.17. The fraction of sp³-hybridized carbons (Fsp3) is 0.400. The predicted molar refractivity (Wildman–Crippen MR) is 56.4 cm³/mol. The van der Waals surface area contributed by atoms with Gasteiger partial charge in [-0.1, -0.05) is 28.9 Å². The highest BCUT2D eigenvalue weighted by Crippen LogP contribution is 2.04. The third-order valence-corrected chi connectivity index (χ3v) is 2.21. The summed E-state index contributed by atoms with van der Waals surface area (Å²) in [6, 6.07) is 3.75. The monoisotopic (exact) mass is 241 g/mol. The number of aryl methyl sites for hydroxylation is 1. The number of rotatable bonds is 4. The Bertz CT molecular complexity index is 281. The molecule has 0 spiro atoms. The topological polar surface area (TPSA) is 30.0 Å². The number of alkyl halides is 1. The molecule has 0 saturated carbocycles. The van der Waals surface area contributed by atoms with E-state index in [0.717, 1.165) is 17.3 Å². The van der Waals surface area contributed by atoms with E-state index >= 15 is 0 Å². The molecule has 3 heteroatoms. The predicted octanol–water partition coefficient (Wildman–Crippen LogP) is 2.61. The van der Waals surface area contributed by atoms with Crippen LogP contribution in [0.25, 0.3) is 0 Å². The highest BCUT2D eigenvalue weighted by Gasteiger charge is 2.03. The first-order valence-corrected chi connectivity index (χ1v) is 5.44. The maximum atomic E-state index is 11.2. The maximum Gasteiger partial charge on any atom is 0.180 e. The van der Waals surface area contributed by atoms with Crippen LogP contribution in [-0.2, 0) is 6.42 Å². The molecule has 0 amide bonds. The van der Waals surface area contributed by atoms with E-state index in [1.165, 1.54) is 0 Å². The van der Waals surface area contributed by atoms with Crippen molar-refractivity contribution in [1.82, 2.24) is 4.98 Å². The second-order valence-electron chi connectivity index (χ2n) is 2.77. The average Bonchev–Trinajstić information content (AvgIpc) is 2.18. The fourth-order valence-corrected chi connectivity index (χ4v) is 1.49. The lowest BCUT2D eigenvalue weighted by molar-refractivity contribution is 0.0983. The number of hydrogen-bond acceptors (Lipinski definition) is 2. The first-order valence-electron chi connectivity index (χ1n) is 4.32. The van der Waals surface area contributed by atoms with Crippen molar-refractivity contribution >= 4 is 21.7 Å². The van der Waals surface area contributed by atoms with E-state index in [1.807, 2.05) is 13.0 Å². The SMILES string of the molecule is CCC(=O)c1ccc(CCBr)cn1. The minimum Gasteiger partial charge on any atom is -0.292 e. The Kier molecular flexibility index (Phi) is 4.09. The normalized spacial score (nSPS) is 10.0. The molecule has 0 N–H and O–H groups in total. The van der Waals surface area contributed by atoms with Gasteiger partial charge in [0.15, 0.2) is 5.78 Å². The smallest absolute Gasteiger partial charge is 0.180 e. The van der Waals surface area contributed by atoms with E-state index in [9.17, 15) is 4.79 Å². The lowest BCUT2D eigenvalue weighted by Crippen LogP contribution is -2.00. The molecule has 70 valence electrons. The molecular formula is C10H12BrNO. The number of carbonyl (C=O) groups is 1. The van der Waals surface area contributed by atoms with E-state index in [4.69, 9.17) is 0 Å². The van der Waals surface area contributed by atoms with Crippen molar-refractivity contribution in [2.75, 3.05) is 5.33 Å². The molecule has 0 aromatic carbocycles. The molecular weight excluding hydrogens is 230 g/mol. The number of carbonyl (C=O) groups excluding carboxylic acids is 1. The molecule has 0 atom stereocenters. The van der Waals surface area contributed by atoms with E-state index < -0.39 is 0 Å². The average molecular weight is 242 g/mol. The molecule has 0 bridgehead atoms. The molecule has 0 saturated heterocycles. The molecule has 1 rings (SSSR count). The van der Waals surface area contributed by atoms with Gasteiger partial charge in [-0.3, -0.25) is 9.78 Å². The van der Waals surface area contributed by atoms with Crippen molar-refractivity contribution < 1.29 is 4.79 Å². The van der Waals surface area contributed by atoms with Crippen LogP contribution in [0.3, 0.4) is 0 Å². The summed E-state index contributed by atoms with van der Waals surface area (Å²) in [5.41, 5.74) is 1.73. The summed E-state index contributed by atoms with van der Waals surface area (Å²) in [4.78, 5) is 15.3. The Morgan fingerprint density at radius 2 is 2.31 bits per heavy atom. The summed E-state index contributed by atoms with van der Waals surface area (Å²) in [7, 11) is 0. The third kappa shape index (κ3) is 2.92. The van der Waals surface area contributed by atoms with Crippen molar-refractivity contribution in [1.29, 1.82) is 0 Å². The van der Waals surface area contributed by atoms with Crippen LogP contribution in [0, 0.1) is 0 Å². The Morgan fingerprint density at radius 3 is 2.77 bits per heavy atom. The van der Waals surface area contributed by atoms with Crippen LogP contribution in [0.5, 0.6) is 0 Å². The van der Waals surface area contributed by atoms with E-state index in [1.54, 1.807) is 12.3 Å². The van der Waals surface area contributed by atoms with Gasteiger partial charge in [-0.15, -0.1) is 0 Å². The van der Waals surface area contributed by atoms with Gasteiger partial charge in [0.2, 0.25) is 0 Å². The summed E-state index contributed by atoms with van der Waals surface area (Å²) in [6.07, 6.45) is 3.24. The molecule has 0 fully saturated rings. The summed E-state index contributed by atoms with van der Waals surface area (Å²) < 4.78 is 0. The summed E-state index contributed by atoms with van der Waals surface area (Å²) in [5.74, 6) is 0.102. The highest BCUT2D eigenvalue weighted by molar-refractivity contribution is 9.09.